The molecular weight excluding hydrogens is 321 g/mol. The summed E-state index contributed by atoms with van der Waals surface area (Å²) in [6, 6.07) is 2.55. The summed E-state index contributed by atoms with van der Waals surface area (Å²) in [4.78, 5) is -0.0665. The quantitative estimate of drug-likeness (QED) is 0.836. The molecule has 0 fully saturated rings. The average Bonchev–Trinajstić information content (AvgIpc) is 2.26. The van der Waals surface area contributed by atoms with Crippen LogP contribution in [0.3, 0.4) is 0 Å². The fourth-order valence-electron chi connectivity index (χ4n) is 2.01. The van der Waals surface area contributed by atoms with E-state index in [1.165, 1.54) is 12.1 Å². The fourth-order valence-corrected chi connectivity index (χ4v) is 4.17. The number of aliphatic hydroxyl groups excluding tert-OH is 1. The van der Waals surface area contributed by atoms with Crippen molar-refractivity contribution >= 4 is 33.2 Å². The third kappa shape index (κ3) is 4.33. The van der Waals surface area contributed by atoms with Crippen LogP contribution in [0.4, 0.5) is 0 Å². The summed E-state index contributed by atoms with van der Waals surface area (Å²) in [7, 11) is -3.74. The van der Waals surface area contributed by atoms with E-state index in [2.05, 4.69) is 4.72 Å². The van der Waals surface area contributed by atoms with Crippen molar-refractivity contribution in [3.05, 3.63) is 27.7 Å². The molecule has 0 amide bonds. The molecule has 1 aromatic rings. The van der Waals surface area contributed by atoms with Crippen molar-refractivity contribution in [3.8, 4) is 0 Å². The van der Waals surface area contributed by atoms with Crippen LogP contribution in [0.1, 0.15) is 32.8 Å². The fraction of sp³-hybridized carbons (Fsp3) is 0.538. The zero-order chi connectivity index (χ0) is 15.5. The number of nitrogens with one attached hydrogen (secondary N) is 1. The summed E-state index contributed by atoms with van der Waals surface area (Å²) < 4.78 is 27.2. The second-order valence-electron chi connectivity index (χ2n) is 5.15. The maximum Gasteiger partial charge on any atom is 0.242 e. The van der Waals surface area contributed by atoms with Crippen LogP contribution in [0.15, 0.2) is 17.0 Å². The van der Waals surface area contributed by atoms with E-state index in [0.29, 0.717) is 5.92 Å². The first-order chi connectivity index (χ1) is 9.19. The largest absolute Gasteiger partial charge is 0.392 e. The lowest BCUT2D eigenvalue weighted by Crippen LogP contribution is -2.33. The van der Waals surface area contributed by atoms with Gasteiger partial charge in [0.2, 0.25) is 10.0 Å². The molecule has 0 aliphatic carbocycles. The van der Waals surface area contributed by atoms with Gasteiger partial charge in [0.15, 0.2) is 0 Å². The standard InChI is InChI=1S/C13H19Cl2NO3S/c1-8(2)6-9(3)16-20(18,19)12-5-4-11(14)10(7-17)13(12)15/h4-5,8-9,16-17H,6-7H2,1-3H3. The molecule has 114 valence electrons. The van der Waals surface area contributed by atoms with E-state index in [4.69, 9.17) is 23.2 Å². The minimum atomic E-state index is -3.74. The molecule has 0 saturated heterocycles. The van der Waals surface area contributed by atoms with E-state index in [1.807, 2.05) is 13.8 Å². The van der Waals surface area contributed by atoms with Crippen molar-refractivity contribution in [2.24, 2.45) is 5.92 Å². The van der Waals surface area contributed by atoms with Gasteiger partial charge in [-0.15, -0.1) is 0 Å². The molecule has 4 nitrogen and oxygen atoms in total. The van der Waals surface area contributed by atoms with E-state index in [0.717, 1.165) is 6.42 Å². The number of hydrogen-bond donors (Lipinski definition) is 2. The Bertz CT molecular complexity index is 573. The van der Waals surface area contributed by atoms with Crippen LogP contribution >= 0.6 is 23.2 Å². The Morgan fingerprint density at radius 3 is 2.35 bits per heavy atom. The van der Waals surface area contributed by atoms with Crippen molar-refractivity contribution in [2.75, 3.05) is 0 Å². The molecule has 2 N–H and O–H groups in total. The molecule has 1 aromatic carbocycles. The van der Waals surface area contributed by atoms with E-state index >= 15 is 0 Å². The third-order valence-corrected chi connectivity index (χ3v) is 5.31. The molecule has 0 heterocycles. The number of rotatable bonds is 6. The zero-order valence-electron chi connectivity index (χ0n) is 11.7. The predicted octanol–water partition coefficient (Wildman–Crippen LogP) is 3.20. The summed E-state index contributed by atoms with van der Waals surface area (Å²) in [5.74, 6) is 0.376. The third-order valence-electron chi connectivity index (χ3n) is 2.78. The Kier molecular flexibility index (Phi) is 6.28. The topological polar surface area (TPSA) is 66.4 Å². The van der Waals surface area contributed by atoms with E-state index in [9.17, 15) is 13.5 Å². The lowest BCUT2D eigenvalue weighted by atomic mass is 10.1. The minimum Gasteiger partial charge on any atom is -0.392 e. The van der Waals surface area contributed by atoms with Crippen LogP contribution in [0.25, 0.3) is 0 Å². The molecule has 0 saturated carbocycles. The molecule has 0 aliphatic heterocycles. The Morgan fingerprint density at radius 1 is 1.25 bits per heavy atom. The second kappa shape index (κ2) is 7.09. The van der Waals surface area contributed by atoms with Gasteiger partial charge in [-0.2, -0.15) is 0 Å². The second-order valence-corrected chi connectivity index (χ2v) is 7.62. The molecule has 0 aromatic heterocycles. The maximum absolute atomic E-state index is 12.3. The molecule has 1 unspecified atom stereocenters. The highest BCUT2D eigenvalue weighted by Crippen LogP contribution is 2.31. The van der Waals surface area contributed by atoms with Gasteiger partial charge < -0.3 is 5.11 Å². The number of aliphatic hydroxyl groups is 1. The number of hydrogen-bond acceptors (Lipinski definition) is 3. The van der Waals surface area contributed by atoms with Crippen LogP contribution in [0.5, 0.6) is 0 Å². The van der Waals surface area contributed by atoms with Gasteiger partial charge in [0.1, 0.15) is 4.90 Å². The summed E-state index contributed by atoms with van der Waals surface area (Å²) in [5, 5.41) is 9.41. The molecule has 7 heteroatoms. The molecule has 0 radical (unpaired) electrons. The number of sulfonamides is 1. The lowest BCUT2D eigenvalue weighted by Gasteiger charge is -2.17. The molecule has 0 aliphatic rings. The van der Waals surface area contributed by atoms with Gasteiger partial charge in [0.05, 0.1) is 11.6 Å². The van der Waals surface area contributed by atoms with Crippen LogP contribution in [0.2, 0.25) is 10.0 Å². The predicted molar refractivity (Wildman–Crippen MR) is 81.6 cm³/mol. The van der Waals surface area contributed by atoms with Crippen LogP contribution in [-0.4, -0.2) is 19.6 Å². The van der Waals surface area contributed by atoms with Crippen molar-refractivity contribution in [1.29, 1.82) is 0 Å². The summed E-state index contributed by atoms with van der Waals surface area (Å²) in [6.45, 7) is 5.42. The van der Waals surface area contributed by atoms with Crippen LogP contribution in [-0.2, 0) is 16.6 Å². The van der Waals surface area contributed by atoms with Gasteiger partial charge >= 0.3 is 0 Å². The van der Waals surface area contributed by atoms with Crippen molar-refractivity contribution < 1.29 is 13.5 Å². The highest BCUT2D eigenvalue weighted by molar-refractivity contribution is 7.89. The van der Waals surface area contributed by atoms with Crippen molar-refractivity contribution in [2.45, 2.75) is 44.7 Å². The van der Waals surface area contributed by atoms with E-state index in [-0.39, 0.29) is 26.5 Å². The molecule has 1 rings (SSSR count). The molecule has 20 heavy (non-hydrogen) atoms. The smallest absolute Gasteiger partial charge is 0.242 e. The highest BCUT2D eigenvalue weighted by Gasteiger charge is 2.23. The van der Waals surface area contributed by atoms with E-state index < -0.39 is 16.6 Å². The molecule has 0 spiro atoms. The first-order valence-corrected chi connectivity index (χ1v) is 8.53. The van der Waals surface area contributed by atoms with Crippen molar-refractivity contribution in [3.63, 3.8) is 0 Å². The summed E-state index contributed by atoms with van der Waals surface area (Å²) in [5.41, 5.74) is 0.215. The van der Waals surface area contributed by atoms with Gasteiger partial charge in [-0.05, 0) is 31.4 Å². The van der Waals surface area contributed by atoms with Gasteiger partial charge in [0, 0.05) is 16.6 Å². The van der Waals surface area contributed by atoms with Gasteiger partial charge in [0.25, 0.3) is 0 Å². The molecular formula is C13H19Cl2NO3S. The molecule has 1 atom stereocenters. The zero-order valence-corrected chi connectivity index (χ0v) is 14.0. The van der Waals surface area contributed by atoms with Crippen LogP contribution < -0.4 is 4.72 Å². The first-order valence-electron chi connectivity index (χ1n) is 6.29. The van der Waals surface area contributed by atoms with Gasteiger partial charge in [-0.3, -0.25) is 0 Å². The molecule has 0 bridgehead atoms. The summed E-state index contributed by atoms with van der Waals surface area (Å²) in [6.07, 6.45) is 0.720. The summed E-state index contributed by atoms with van der Waals surface area (Å²) >= 11 is 11.9. The maximum atomic E-state index is 12.3. The van der Waals surface area contributed by atoms with Crippen molar-refractivity contribution in [1.82, 2.24) is 4.72 Å². The Balaban J connectivity index is 3.10. The van der Waals surface area contributed by atoms with Gasteiger partial charge in [-0.25, -0.2) is 13.1 Å². The Labute approximate surface area is 130 Å². The lowest BCUT2D eigenvalue weighted by molar-refractivity contribution is 0.281. The Hall–Kier alpha value is -0.330. The Morgan fingerprint density at radius 2 is 1.85 bits per heavy atom. The number of benzene rings is 1. The van der Waals surface area contributed by atoms with Crippen LogP contribution in [0, 0.1) is 5.92 Å². The van der Waals surface area contributed by atoms with E-state index in [1.54, 1.807) is 6.92 Å². The SMILES string of the molecule is CC(C)CC(C)NS(=O)(=O)c1ccc(Cl)c(CO)c1Cl. The van der Waals surface area contributed by atoms with Gasteiger partial charge in [-0.1, -0.05) is 37.0 Å². The highest BCUT2D eigenvalue weighted by atomic mass is 35.5. The first kappa shape index (κ1) is 17.7. The monoisotopic (exact) mass is 339 g/mol. The average molecular weight is 340 g/mol. The number of halogens is 2. The minimum absolute atomic E-state index is 0.0377. The normalized spacial score (nSPS) is 13.8.